The molecule has 0 bridgehead atoms. The van der Waals surface area contributed by atoms with E-state index in [1.807, 2.05) is 0 Å². The van der Waals surface area contributed by atoms with Gasteiger partial charge in [0.15, 0.2) is 5.78 Å². The quantitative estimate of drug-likeness (QED) is 0.607. The highest BCUT2D eigenvalue weighted by atomic mass is 16.5. The predicted octanol–water partition coefficient (Wildman–Crippen LogP) is 3.24. The van der Waals surface area contributed by atoms with Crippen molar-refractivity contribution in [2.24, 2.45) is 5.92 Å². The topological polar surface area (TPSA) is 43.4 Å². The lowest BCUT2D eigenvalue weighted by atomic mass is 9.83. The van der Waals surface area contributed by atoms with Crippen LogP contribution in [0.15, 0.2) is 24.3 Å². The molecule has 0 atom stereocenters. The Bertz CT molecular complexity index is 445. The second-order valence-corrected chi connectivity index (χ2v) is 4.77. The summed E-state index contributed by atoms with van der Waals surface area (Å²) in [6.07, 6.45) is 5.44. The standard InChI is InChI=1S/C15H18O3/c1-18-15(17)13-9-5-8-12(10-13)14(16)11-6-3-2-4-7-11/h5,8-11H,2-4,6-7H2,1H3. The van der Waals surface area contributed by atoms with E-state index in [2.05, 4.69) is 4.74 Å². The van der Waals surface area contributed by atoms with E-state index in [4.69, 9.17) is 0 Å². The summed E-state index contributed by atoms with van der Waals surface area (Å²) in [5, 5.41) is 0. The molecule has 0 N–H and O–H groups in total. The maximum Gasteiger partial charge on any atom is 0.337 e. The van der Waals surface area contributed by atoms with Gasteiger partial charge in [0.05, 0.1) is 12.7 Å². The van der Waals surface area contributed by atoms with Crippen LogP contribution >= 0.6 is 0 Å². The van der Waals surface area contributed by atoms with Crippen molar-refractivity contribution < 1.29 is 14.3 Å². The molecule has 0 aliphatic heterocycles. The Kier molecular flexibility index (Phi) is 4.13. The molecule has 1 aromatic carbocycles. The van der Waals surface area contributed by atoms with Crippen molar-refractivity contribution in [3.8, 4) is 0 Å². The molecule has 0 heterocycles. The van der Waals surface area contributed by atoms with Crippen LogP contribution in [0.5, 0.6) is 0 Å². The molecule has 1 aromatic rings. The number of carbonyl (C=O) groups is 2. The summed E-state index contributed by atoms with van der Waals surface area (Å²) >= 11 is 0. The molecule has 0 saturated heterocycles. The maximum absolute atomic E-state index is 12.3. The highest BCUT2D eigenvalue weighted by molar-refractivity contribution is 6.00. The molecular weight excluding hydrogens is 228 g/mol. The molecule has 1 fully saturated rings. The fourth-order valence-corrected chi connectivity index (χ4v) is 2.52. The minimum atomic E-state index is -0.395. The third-order valence-corrected chi connectivity index (χ3v) is 3.54. The highest BCUT2D eigenvalue weighted by Gasteiger charge is 2.22. The van der Waals surface area contributed by atoms with Crippen molar-refractivity contribution in [1.82, 2.24) is 0 Å². The van der Waals surface area contributed by atoms with Crippen LogP contribution in [0.3, 0.4) is 0 Å². The number of ether oxygens (including phenoxy) is 1. The first-order chi connectivity index (χ1) is 8.72. The van der Waals surface area contributed by atoms with E-state index in [1.54, 1.807) is 24.3 Å². The first-order valence-electron chi connectivity index (χ1n) is 6.45. The summed E-state index contributed by atoms with van der Waals surface area (Å²) in [7, 11) is 1.35. The number of benzene rings is 1. The second kappa shape index (κ2) is 5.80. The van der Waals surface area contributed by atoms with Gasteiger partial charge >= 0.3 is 5.97 Å². The van der Waals surface area contributed by atoms with Gasteiger partial charge in [0.1, 0.15) is 0 Å². The Morgan fingerprint density at radius 3 is 2.44 bits per heavy atom. The fourth-order valence-electron chi connectivity index (χ4n) is 2.52. The number of hydrogen-bond donors (Lipinski definition) is 0. The molecule has 1 aliphatic rings. The predicted molar refractivity (Wildman–Crippen MR) is 68.7 cm³/mol. The van der Waals surface area contributed by atoms with Crippen LogP contribution in [0.4, 0.5) is 0 Å². The second-order valence-electron chi connectivity index (χ2n) is 4.77. The zero-order valence-electron chi connectivity index (χ0n) is 10.6. The molecule has 3 heteroatoms. The Labute approximate surface area is 107 Å². The van der Waals surface area contributed by atoms with Crippen molar-refractivity contribution in [2.45, 2.75) is 32.1 Å². The summed E-state index contributed by atoms with van der Waals surface area (Å²) in [4.78, 5) is 23.7. The number of Topliss-reactive ketones (excluding diaryl/α,β-unsaturated/α-hetero) is 1. The van der Waals surface area contributed by atoms with Crippen molar-refractivity contribution >= 4 is 11.8 Å². The van der Waals surface area contributed by atoms with Crippen molar-refractivity contribution in [1.29, 1.82) is 0 Å². The summed E-state index contributed by atoms with van der Waals surface area (Å²) in [6.45, 7) is 0. The van der Waals surface area contributed by atoms with Crippen molar-refractivity contribution in [2.75, 3.05) is 7.11 Å². The minimum absolute atomic E-state index is 0.131. The van der Waals surface area contributed by atoms with Gasteiger partial charge in [-0.25, -0.2) is 4.79 Å². The monoisotopic (exact) mass is 246 g/mol. The number of methoxy groups -OCH3 is 1. The third kappa shape index (κ3) is 2.78. The van der Waals surface area contributed by atoms with Gasteiger partial charge in [-0.1, -0.05) is 31.4 Å². The van der Waals surface area contributed by atoms with E-state index < -0.39 is 5.97 Å². The molecule has 0 amide bonds. The lowest BCUT2D eigenvalue weighted by Gasteiger charge is -2.20. The Morgan fingerprint density at radius 2 is 1.78 bits per heavy atom. The summed E-state index contributed by atoms with van der Waals surface area (Å²) in [6, 6.07) is 6.83. The number of esters is 1. The molecule has 0 spiro atoms. The first-order valence-corrected chi connectivity index (χ1v) is 6.45. The Balaban J connectivity index is 2.17. The number of ketones is 1. The molecule has 0 unspecified atom stereocenters. The molecule has 96 valence electrons. The van der Waals surface area contributed by atoms with E-state index in [0.29, 0.717) is 11.1 Å². The average molecular weight is 246 g/mol. The van der Waals surface area contributed by atoms with E-state index in [-0.39, 0.29) is 11.7 Å². The molecule has 1 aliphatic carbocycles. The van der Waals surface area contributed by atoms with Crippen LogP contribution in [0.1, 0.15) is 52.8 Å². The molecule has 2 rings (SSSR count). The third-order valence-electron chi connectivity index (χ3n) is 3.54. The zero-order valence-corrected chi connectivity index (χ0v) is 10.6. The molecule has 1 saturated carbocycles. The van der Waals surface area contributed by atoms with Gasteiger partial charge in [-0.3, -0.25) is 4.79 Å². The lowest BCUT2D eigenvalue weighted by Crippen LogP contribution is -2.18. The van der Waals surface area contributed by atoms with Gasteiger partial charge in [-0.2, -0.15) is 0 Å². The van der Waals surface area contributed by atoms with Crippen molar-refractivity contribution in [3.63, 3.8) is 0 Å². The van der Waals surface area contributed by atoms with Crippen LogP contribution < -0.4 is 0 Å². The van der Waals surface area contributed by atoms with Crippen LogP contribution in [-0.2, 0) is 4.74 Å². The van der Waals surface area contributed by atoms with E-state index in [0.717, 1.165) is 25.7 Å². The van der Waals surface area contributed by atoms with Crippen LogP contribution in [0.2, 0.25) is 0 Å². The first kappa shape index (κ1) is 12.8. The van der Waals surface area contributed by atoms with Crippen LogP contribution in [0.25, 0.3) is 0 Å². The van der Waals surface area contributed by atoms with E-state index in [1.165, 1.54) is 13.5 Å². The van der Waals surface area contributed by atoms with E-state index >= 15 is 0 Å². The molecule has 3 nitrogen and oxygen atoms in total. The van der Waals surface area contributed by atoms with Gasteiger partial charge in [0, 0.05) is 11.5 Å². The summed E-state index contributed by atoms with van der Waals surface area (Å²) < 4.78 is 4.67. The largest absolute Gasteiger partial charge is 0.465 e. The smallest absolute Gasteiger partial charge is 0.337 e. The van der Waals surface area contributed by atoms with Crippen LogP contribution in [0, 0.1) is 5.92 Å². The van der Waals surface area contributed by atoms with E-state index in [9.17, 15) is 9.59 Å². The Hall–Kier alpha value is -1.64. The normalized spacial score (nSPS) is 16.3. The van der Waals surface area contributed by atoms with Gasteiger partial charge in [-0.05, 0) is 25.0 Å². The SMILES string of the molecule is COC(=O)c1cccc(C(=O)C2CCCCC2)c1. The number of rotatable bonds is 3. The maximum atomic E-state index is 12.3. The van der Waals surface area contributed by atoms with Gasteiger partial charge in [-0.15, -0.1) is 0 Å². The number of carbonyl (C=O) groups excluding carboxylic acids is 2. The fraction of sp³-hybridized carbons (Fsp3) is 0.467. The van der Waals surface area contributed by atoms with Crippen LogP contribution in [-0.4, -0.2) is 18.9 Å². The minimum Gasteiger partial charge on any atom is -0.465 e. The zero-order chi connectivity index (χ0) is 13.0. The van der Waals surface area contributed by atoms with Crippen molar-refractivity contribution in [3.05, 3.63) is 35.4 Å². The van der Waals surface area contributed by atoms with Gasteiger partial charge < -0.3 is 4.74 Å². The molecule has 0 aromatic heterocycles. The Morgan fingerprint density at radius 1 is 1.11 bits per heavy atom. The van der Waals surface area contributed by atoms with Gasteiger partial charge in [0.2, 0.25) is 0 Å². The molecular formula is C15H18O3. The lowest BCUT2D eigenvalue weighted by molar-refractivity contribution is 0.0600. The summed E-state index contributed by atoms with van der Waals surface area (Å²) in [5.41, 5.74) is 1.07. The average Bonchev–Trinajstić information content (AvgIpc) is 2.46. The molecule has 18 heavy (non-hydrogen) atoms. The summed E-state index contributed by atoms with van der Waals surface area (Å²) in [5.74, 6) is -0.0969. The number of hydrogen-bond acceptors (Lipinski definition) is 3. The molecule has 0 radical (unpaired) electrons. The highest BCUT2D eigenvalue weighted by Crippen LogP contribution is 2.27. The van der Waals surface area contributed by atoms with Gasteiger partial charge in [0.25, 0.3) is 0 Å².